The molecule has 0 spiro atoms. The Morgan fingerprint density at radius 3 is 2.90 bits per heavy atom. The van der Waals surface area contributed by atoms with Crippen molar-refractivity contribution in [3.05, 3.63) is 46.4 Å². The van der Waals surface area contributed by atoms with E-state index < -0.39 is 12.7 Å². The van der Waals surface area contributed by atoms with E-state index in [1.54, 1.807) is 18.3 Å². The number of ether oxygens (including phenoxy) is 1. The van der Waals surface area contributed by atoms with Gasteiger partial charge in [-0.2, -0.15) is 8.78 Å². The fraction of sp³-hybridized carbons (Fsp3) is 0.357. The molecule has 0 saturated heterocycles. The van der Waals surface area contributed by atoms with E-state index in [1.807, 2.05) is 12.3 Å². The number of aliphatic hydroxyl groups is 1. The van der Waals surface area contributed by atoms with E-state index in [0.717, 1.165) is 5.01 Å². The van der Waals surface area contributed by atoms with E-state index >= 15 is 0 Å². The van der Waals surface area contributed by atoms with Crippen molar-refractivity contribution in [2.75, 3.05) is 6.54 Å². The molecule has 0 fully saturated rings. The molecule has 7 heteroatoms. The summed E-state index contributed by atoms with van der Waals surface area (Å²) in [5.74, 6) is 0.0366. The second kappa shape index (κ2) is 7.44. The average Bonchev–Trinajstić information content (AvgIpc) is 2.98. The van der Waals surface area contributed by atoms with Gasteiger partial charge < -0.3 is 15.2 Å². The molecular weight excluding hydrogens is 298 g/mol. The normalized spacial score (nSPS) is 14.1. The summed E-state index contributed by atoms with van der Waals surface area (Å²) in [5, 5.41) is 16.1. The van der Waals surface area contributed by atoms with Crippen LogP contribution in [0.2, 0.25) is 0 Å². The Morgan fingerprint density at radius 1 is 1.43 bits per heavy atom. The van der Waals surface area contributed by atoms with Crippen molar-refractivity contribution in [2.45, 2.75) is 25.7 Å². The van der Waals surface area contributed by atoms with Crippen LogP contribution in [0, 0.1) is 0 Å². The molecule has 0 aliphatic carbocycles. The van der Waals surface area contributed by atoms with Crippen LogP contribution in [0.15, 0.2) is 35.8 Å². The monoisotopic (exact) mass is 314 g/mol. The lowest BCUT2D eigenvalue weighted by Gasteiger charge is -2.16. The second-order valence-corrected chi connectivity index (χ2v) is 5.39. The van der Waals surface area contributed by atoms with Gasteiger partial charge in [0.1, 0.15) is 10.8 Å². The fourth-order valence-corrected chi connectivity index (χ4v) is 2.51. The number of nitrogens with zero attached hydrogens (tertiary/aromatic N) is 1. The van der Waals surface area contributed by atoms with Gasteiger partial charge in [0.05, 0.1) is 12.1 Å². The third-order valence-electron chi connectivity index (χ3n) is 2.91. The molecular formula is C14H16F2N2O2S. The van der Waals surface area contributed by atoms with Crippen molar-refractivity contribution in [3.63, 3.8) is 0 Å². The third kappa shape index (κ3) is 4.73. The summed E-state index contributed by atoms with van der Waals surface area (Å²) < 4.78 is 28.6. The molecule has 1 heterocycles. The zero-order valence-corrected chi connectivity index (χ0v) is 12.2. The second-order valence-electron chi connectivity index (χ2n) is 4.47. The van der Waals surface area contributed by atoms with Crippen LogP contribution in [0.4, 0.5) is 8.78 Å². The highest BCUT2D eigenvalue weighted by Gasteiger charge is 2.13. The SMILES string of the molecule is CC(NCC(O)c1cccc(OC(F)F)c1)c1nccs1. The lowest BCUT2D eigenvalue weighted by atomic mass is 10.1. The first-order valence-electron chi connectivity index (χ1n) is 6.42. The smallest absolute Gasteiger partial charge is 0.387 e. The zero-order chi connectivity index (χ0) is 15.2. The van der Waals surface area contributed by atoms with Crippen LogP contribution in [0.1, 0.15) is 29.6 Å². The van der Waals surface area contributed by atoms with Gasteiger partial charge >= 0.3 is 6.61 Å². The first-order chi connectivity index (χ1) is 10.1. The van der Waals surface area contributed by atoms with E-state index in [1.165, 1.54) is 23.5 Å². The quantitative estimate of drug-likeness (QED) is 0.824. The number of hydrogen-bond acceptors (Lipinski definition) is 5. The summed E-state index contributed by atoms with van der Waals surface area (Å²) >= 11 is 1.53. The number of rotatable bonds is 7. The molecule has 0 amide bonds. The lowest BCUT2D eigenvalue weighted by molar-refractivity contribution is -0.0499. The van der Waals surface area contributed by atoms with Gasteiger partial charge in [-0.05, 0) is 24.6 Å². The van der Waals surface area contributed by atoms with Crippen LogP contribution in [0.3, 0.4) is 0 Å². The molecule has 2 aromatic rings. The van der Waals surface area contributed by atoms with Crippen LogP contribution in [0.5, 0.6) is 5.75 Å². The lowest BCUT2D eigenvalue weighted by Crippen LogP contribution is -2.24. The average molecular weight is 314 g/mol. The minimum atomic E-state index is -2.87. The van der Waals surface area contributed by atoms with Crippen molar-refractivity contribution < 1.29 is 18.6 Å². The van der Waals surface area contributed by atoms with Crippen LogP contribution >= 0.6 is 11.3 Å². The van der Waals surface area contributed by atoms with Crippen LogP contribution in [0.25, 0.3) is 0 Å². The van der Waals surface area contributed by atoms with E-state index in [0.29, 0.717) is 12.1 Å². The molecule has 1 aromatic heterocycles. The molecule has 2 rings (SSSR count). The Kier molecular flexibility index (Phi) is 5.60. The van der Waals surface area contributed by atoms with Crippen molar-refractivity contribution in [1.82, 2.24) is 10.3 Å². The Hall–Kier alpha value is -1.57. The van der Waals surface area contributed by atoms with Crippen LogP contribution in [-0.2, 0) is 0 Å². The van der Waals surface area contributed by atoms with E-state index in [4.69, 9.17) is 0 Å². The first-order valence-corrected chi connectivity index (χ1v) is 7.30. The first kappa shape index (κ1) is 15.8. The Labute approximate surface area is 125 Å². The third-order valence-corrected chi connectivity index (χ3v) is 3.87. The van der Waals surface area contributed by atoms with Gasteiger partial charge in [0.2, 0.25) is 0 Å². The largest absolute Gasteiger partial charge is 0.435 e. The highest BCUT2D eigenvalue weighted by Crippen LogP contribution is 2.21. The van der Waals surface area contributed by atoms with E-state index in [2.05, 4.69) is 15.0 Å². The van der Waals surface area contributed by atoms with Gasteiger partial charge in [0, 0.05) is 18.1 Å². The molecule has 0 aliphatic rings. The summed E-state index contributed by atoms with van der Waals surface area (Å²) in [6, 6.07) is 6.08. The highest BCUT2D eigenvalue weighted by atomic mass is 32.1. The number of alkyl halides is 2. The predicted octanol–water partition coefficient (Wildman–Crippen LogP) is 3.13. The minimum absolute atomic E-state index is 0.0140. The predicted molar refractivity (Wildman–Crippen MR) is 76.6 cm³/mol. The molecule has 21 heavy (non-hydrogen) atoms. The summed E-state index contributed by atoms with van der Waals surface area (Å²) in [5.41, 5.74) is 0.520. The molecule has 0 aliphatic heterocycles. The van der Waals surface area contributed by atoms with Gasteiger partial charge in [-0.25, -0.2) is 4.98 Å². The number of nitrogens with one attached hydrogen (secondary N) is 1. The molecule has 0 bridgehead atoms. The molecule has 2 N–H and O–H groups in total. The van der Waals surface area contributed by atoms with Crippen molar-refractivity contribution >= 4 is 11.3 Å². The van der Waals surface area contributed by atoms with E-state index in [-0.39, 0.29) is 11.8 Å². The molecule has 1 aromatic carbocycles. The Morgan fingerprint density at radius 2 is 2.24 bits per heavy atom. The molecule has 114 valence electrons. The van der Waals surface area contributed by atoms with Gasteiger partial charge in [0.25, 0.3) is 0 Å². The maximum atomic E-state index is 12.2. The van der Waals surface area contributed by atoms with Crippen molar-refractivity contribution in [1.29, 1.82) is 0 Å². The summed E-state index contributed by atoms with van der Waals surface area (Å²) in [7, 11) is 0. The fourth-order valence-electron chi connectivity index (χ4n) is 1.84. The number of halogens is 2. The van der Waals surface area contributed by atoms with E-state index in [9.17, 15) is 13.9 Å². The maximum absolute atomic E-state index is 12.2. The summed E-state index contributed by atoms with van der Waals surface area (Å²) in [4.78, 5) is 4.18. The topological polar surface area (TPSA) is 54.4 Å². The summed E-state index contributed by atoms with van der Waals surface area (Å²) in [6.45, 7) is -0.638. The van der Waals surface area contributed by atoms with Crippen molar-refractivity contribution in [3.8, 4) is 5.75 Å². The van der Waals surface area contributed by atoms with Crippen LogP contribution in [-0.4, -0.2) is 23.2 Å². The van der Waals surface area contributed by atoms with Crippen molar-refractivity contribution in [2.24, 2.45) is 0 Å². The number of thiazole rings is 1. The molecule has 2 unspecified atom stereocenters. The number of aromatic nitrogens is 1. The van der Waals surface area contributed by atoms with Crippen LogP contribution < -0.4 is 10.1 Å². The van der Waals surface area contributed by atoms with Gasteiger partial charge in [0.15, 0.2) is 0 Å². The minimum Gasteiger partial charge on any atom is -0.435 e. The van der Waals surface area contributed by atoms with Gasteiger partial charge in [-0.1, -0.05) is 12.1 Å². The number of benzene rings is 1. The van der Waals surface area contributed by atoms with Gasteiger partial charge in [-0.3, -0.25) is 0 Å². The molecule has 4 nitrogen and oxygen atoms in total. The molecule has 2 atom stereocenters. The maximum Gasteiger partial charge on any atom is 0.387 e. The Balaban J connectivity index is 1.92. The zero-order valence-electron chi connectivity index (χ0n) is 11.4. The highest BCUT2D eigenvalue weighted by molar-refractivity contribution is 7.09. The number of hydrogen-bond donors (Lipinski definition) is 2. The number of aliphatic hydroxyl groups excluding tert-OH is 1. The standard InChI is InChI=1S/C14H16F2N2O2S/c1-9(13-17-5-6-21-13)18-8-12(19)10-3-2-4-11(7-10)20-14(15)16/h2-7,9,12,14,18-19H,8H2,1H3. The molecule has 0 saturated carbocycles. The van der Waals surface area contributed by atoms with Gasteiger partial charge in [-0.15, -0.1) is 11.3 Å². The summed E-state index contributed by atoms with van der Waals surface area (Å²) in [6.07, 6.45) is 0.911. The molecule has 0 radical (unpaired) electrons. The Bertz CT molecular complexity index is 552.